The van der Waals surface area contributed by atoms with Crippen LogP contribution in [0.4, 0.5) is 5.69 Å². The van der Waals surface area contributed by atoms with E-state index >= 15 is 0 Å². The van der Waals surface area contributed by atoms with E-state index in [-0.39, 0.29) is 28.4 Å². The van der Waals surface area contributed by atoms with Crippen molar-refractivity contribution < 1.29 is 19.2 Å². The van der Waals surface area contributed by atoms with Crippen molar-refractivity contribution in [1.29, 1.82) is 0 Å². The number of nitro groups is 1. The summed E-state index contributed by atoms with van der Waals surface area (Å²) in [7, 11) is 2.59. The molecule has 0 fully saturated rings. The molecule has 0 N–H and O–H groups in total. The lowest BCUT2D eigenvalue weighted by Gasteiger charge is -2.07. The number of methoxy groups -OCH3 is 2. The summed E-state index contributed by atoms with van der Waals surface area (Å²) in [6.45, 7) is 0. The Morgan fingerprint density at radius 3 is 2.57 bits per heavy atom. The Morgan fingerprint density at radius 1 is 1.24 bits per heavy atom. The molecule has 8 nitrogen and oxygen atoms in total. The summed E-state index contributed by atoms with van der Waals surface area (Å²) in [5.41, 5.74) is 0.230. The van der Waals surface area contributed by atoms with Gasteiger partial charge in [-0.1, -0.05) is 0 Å². The number of nitro benzene ring substituents is 1. The largest absolute Gasteiger partial charge is 0.479 e. The van der Waals surface area contributed by atoms with E-state index in [2.05, 4.69) is 14.7 Å². The first-order valence-electron chi connectivity index (χ1n) is 5.80. The van der Waals surface area contributed by atoms with E-state index in [1.54, 1.807) is 0 Å². The van der Waals surface area contributed by atoms with Crippen LogP contribution >= 0.6 is 0 Å². The Bertz CT molecular complexity index is 702. The third-order valence-electron chi connectivity index (χ3n) is 2.73. The SMILES string of the molecule is COC(=O)c1ccc(-c2nccnc2OC)c([N+](=O)[O-])c1. The zero-order chi connectivity index (χ0) is 15.4. The average molecular weight is 289 g/mol. The molecule has 0 atom stereocenters. The van der Waals surface area contributed by atoms with Crippen molar-refractivity contribution in [2.75, 3.05) is 14.2 Å². The maximum atomic E-state index is 11.5. The predicted molar refractivity (Wildman–Crippen MR) is 72.0 cm³/mol. The molecule has 21 heavy (non-hydrogen) atoms. The van der Waals surface area contributed by atoms with Crippen LogP contribution in [0.3, 0.4) is 0 Å². The topological polar surface area (TPSA) is 104 Å². The zero-order valence-corrected chi connectivity index (χ0v) is 11.3. The van der Waals surface area contributed by atoms with Crippen molar-refractivity contribution in [1.82, 2.24) is 9.97 Å². The molecule has 1 aromatic carbocycles. The number of benzene rings is 1. The van der Waals surface area contributed by atoms with Crippen molar-refractivity contribution in [3.05, 3.63) is 46.3 Å². The molecular formula is C13H11N3O5. The lowest BCUT2D eigenvalue weighted by atomic mass is 10.1. The highest BCUT2D eigenvalue weighted by Crippen LogP contribution is 2.33. The number of nitrogens with zero attached hydrogens (tertiary/aromatic N) is 3. The molecule has 0 unspecified atom stereocenters. The first-order chi connectivity index (χ1) is 10.1. The quantitative estimate of drug-likeness (QED) is 0.480. The van der Waals surface area contributed by atoms with E-state index in [4.69, 9.17) is 4.74 Å². The minimum absolute atomic E-state index is 0.0795. The number of ether oxygens (including phenoxy) is 2. The van der Waals surface area contributed by atoms with Crippen LogP contribution in [0.25, 0.3) is 11.3 Å². The second-order valence-electron chi connectivity index (χ2n) is 3.89. The van der Waals surface area contributed by atoms with Gasteiger partial charge in [-0.25, -0.2) is 14.8 Å². The van der Waals surface area contributed by atoms with Gasteiger partial charge >= 0.3 is 5.97 Å². The van der Waals surface area contributed by atoms with E-state index in [1.165, 1.54) is 38.7 Å². The van der Waals surface area contributed by atoms with Gasteiger partial charge in [-0.15, -0.1) is 0 Å². The van der Waals surface area contributed by atoms with Gasteiger partial charge in [0.25, 0.3) is 5.69 Å². The fourth-order valence-corrected chi connectivity index (χ4v) is 1.79. The van der Waals surface area contributed by atoms with Crippen molar-refractivity contribution in [2.45, 2.75) is 0 Å². The molecule has 8 heteroatoms. The van der Waals surface area contributed by atoms with Gasteiger partial charge < -0.3 is 9.47 Å². The van der Waals surface area contributed by atoms with E-state index in [9.17, 15) is 14.9 Å². The lowest BCUT2D eigenvalue weighted by molar-refractivity contribution is -0.384. The summed E-state index contributed by atoms with van der Waals surface area (Å²) in [6.07, 6.45) is 2.81. The molecule has 2 aromatic rings. The van der Waals surface area contributed by atoms with Gasteiger partial charge in [-0.2, -0.15) is 0 Å². The van der Waals surface area contributed by atoms with Crippen LogP contribution in [0.5, 0.6) is 5.88 Å². The van der Waals surface area contributed by atoms with Crippen molar-refractivity contribution in [2.24, 2.45) is 0 Å². The standard InChI is InChI=1S/C13H11N3O5/c1-20-12-11(14-5-6-15-12)9-4-3-8(13(17)21-2)7-10(9)16(18)19/h3-7H,1-2H3. The third kappa shape index (κ3) is 2.78. The number of esters is 1. The highest BCUT2D eigenvalue weighted by molar-refractivity contribution is 5.92. The highest BCUT2D eigenvalue weighted by Gasteiger charge is 2.22. The van der Waals surface area contributed by atoms with Crippen molar-refractivity contribution in [3.8, 4) is 17.1 Å². The maximum absolute atomic E-state index is 11.5. The molecule has 0 spiro atoms. The summed E-state index contributed by atoms with van der Waals surface area (Å²) >= 11 is 0. The molecule has 2 rings (SSSR count). The van der Waals surface area contributed by atoms with Gasteiger partial charge in [0.2, 0.25) is 5.88 Å². The normalized spacial score (nSPS) is 10.0. The number of rotatable bonds is 4. The smallest absolute Gasteiger partial charge is 0.338 e. The van der Waals surface area contributed by atoms with Gasteiger partial charge in [-0.05, 0) is 12.1 Å². The average Bonchev–Trinajstić information content (AvgIpc) is 2.53. The number of carbonyl (C=O) groups is 1. The van der Waals surface area contributed by atoms with Gasteiger partial charge in [0.1, 0.15) is 5.69 Å². The monoisotopic (exact) mass is 289 g/mol. The van der Waals surface area contributed by atoms with E-state index < -0.39 is 10.9 Å². The predicted octanol–water partition coefficient (Wildman–Crippen LogP) is 1.85. The van der Waals surface area contributed by atoms with Crippen molar-refractivity contribution >= 4 is 11.7 Å². The molecule has 0 aliphatic rings. The molecule has 0 bridgehead atoms. The Kier molecular flexibility index (Phi) is 4.07. The molecule has 1 heterocycles. The summed E-state index contributed by atoms with van der Waals surface area (Å²) < 4.78 is 9.59. The summed E-state index contributed by atoms with van der Waals surface area (Å²) in [5, 5.41) is 11.2. The summed E-state index contributed by atoms with van der Waals surface area (Å²) in [5.74, 6) is -0.498. The molecule has 108 valence electrons. The van der Waals surface area contributed by atoms with Gasteiger partial charge in [-0.3, -0.25) is 10.1 Å². The van der Waals surface area contributed by atoms with Crippen LogP contribution in [-0.4, -0.2) is 35.1 Å². The van der Waals surface area contributed by atoms with Crippen LogP contribution in [0.2, 0.25) is 0 Å². The summed E-state index contributed by atoms with van der Waals surface area (Å²) in [4.78, 5) is 30.1. The molecule has 0 radical (unpaired) electrons. The Labute approximate surface area is 119 Å². The fraction of sp³-hybridized carbons (Fsp3) is 0.154. The van der Waals surface area contributed by atoms with Crippen LogP contribution in [0, 0.1) is 10.1 Å². The maximum Gasteiger partial charge on any atom is 0.338 e. The lowest BCUT2D eigenvalue weighted by Crippen LogP contribution is -2.04. The molecule has 1 aromatic heterocycles. The third-order valence-corrected chi connectivity index (χ3v) is 2.73. The number of hydrogen-bond donors (Lipinski definition) is 0. The molecule has 0 amide bonds. The molecule has 0 aliphatic heterocycles. The molecular weight excluding hydrogens is 278 g/mol. The second-order valence-corrected chi connectivity index (χ2v) is 3.89. The first-order valence-corrected chi connectivity index (χ1v) is 5.80. The minimum Gasteiger partial charge on any atom is -0.479 e. The first kappa shape index (κ1) is 14.4. The van der Waals surface area contributed by atoms with E-state index in [1.807, 2.05) is 0 Å². The van der Waals surface area contributed by atoms with Gasteiger partial charge in [0.15, 0.2) is 0 Å². The van der Waals surface area contributed by atoms with E-state index in [0.29, 0.717) is 0 Å². The van der Waals surface area contributed by atoms with E-state index in [0.717, 1.165) is 6.07 Å². The van der Waals surface area contributed by atoms with Crippen LogP contribution in [0.15, 0.2) is 30.6 Å². The second kappa shape index (κ2) is 5.95. The van der Waals surface area contributed by atoms with Gasteiger partial charge in [0.05, 0.1) is 30.3 Å². The molecule has 0 aliphatic carbocycles. The molecule has 0 saturated carbocycles. The number of aromatic nitrogens is 2. The summed E-state index contributed by atoms with van der Waals surface area (Å²) in [6, 6.07) is 3.97. The minimum atomic E-state index is -0.657. The van der Waals surface area contributed by atoms with Crippen molar-refractivity contribution in [3.63, 3.8) is 0 Å². The Balaban J connectivity index is 2.63. The molecule has 0 saturated heterocycles. The zero-order valence-electron chi connectivity index (χ0n) is 11.3. The number of carbonyl (C=O) groups excluding carboxylic acids is 1. The van der Waals surface area contributed by atoms with Gasteiger partial charge in [0, 0.05) is 18.5 Å². The van der Waals surface area contributed by atoms with Crippen LogP contribution < -0.4 is 4.74 Å². The Morgan fingerprint density at radius 2 is 1.95 bits per heavy atom. The van der Waals surface area contributed by atoms with Crippen LogP contribution in [0.1, 0.15) is 10.4 Å². The fourth-order valence-electron chi connectivity index (χ4n) is 1.79. The highest BCUT2D eigenvalue weighted by atomic mass is 16.6. The Hall–Kier alpha value is -3.03. The van der Waals surface area contributed by atoms with Crippen LogP contribution in [-0.2, 0) is 4.74 Å². The number of hydrogen-bond acceptors (Lipinski definition) is 7.